The van der Waals surface area contributed by atoms with Crippen LogP contribution in [0.5, 0.6) is 0 Å². The largest absolute Gasteiger partial charge is 0.351 e. The normalized spacial score (nSPS) is 13.8. The van der Waals surface area contributed by atoms with Gasteiger partial charge in [0, 0.05) is 12.6 Å². The third-order valence-electron chi connectivity index (χ3n) is 3.19. The lowest BCUT2D eigenvalue weighted by molar-refractivity contribution is 0.0943. The molecule has 5 heteroatoms. The Labute approximate surface area is 119 Å². The van der Waals surface area contributed by atoms with Gasteiger partial charge in [-0.1, -0.05) is 25.8 Å². The fourth-order valence-electron chi connectivity index (χ4n) is 1.84. The summed E-state index contributed by atoms with van der Waals surface area (Å²) in [6, 6.07) is 5.24. The molecule has 1 fully saturated rings. The van der Waals surface area contributed by atoms with Crippen molar-refractivity contribution in [3.63, 3.8) is 0 Å². The van der Waals surface area contributed by atoms with Gasteiger partial charge in [-0.25, -0.2) is 4.98 Å². The third kappa shape index (κ3) is 4.33. The van der Waals surface area contributed by atoms with Crippen LogP contribution >= 0.6 is 0 Å². The molecule has 0 radical (unpaired) electrons. The summed E-state index contributed by atoms with van der Waals surface area (Å²) in [4.78, 5) is 27.9. The fraction of sp³-hybridized carbons (Fsp3) is 0.533. The summed E-state index contributed by atoms with van der Waals surface area (Å²) < 4.78 is 0. The summed E-state index contributed by atoms with van der Waals surface area (Å²) in [7, 11) is 0. The molecule has 5 nitrogen and oxygen atoms in total. The average molecular weight is 275 g/mol. The third-order valence-corrected chi connectivity index (χ3v) is 3.19. The molecule has 0 saturated heterocycles. The molecule has 1 saturated carbocycles. The van der Waals surface area contributed by atoms with Gasteiger partial charge >= 0.3 is 0 Å². The minimum absolute atomic E-state index is 0.201. The molecule has 0 bridgehead atoms. The molecule has 1 aromatic rings. The van der Waals surface area contributed by atoms with Crippen molar-refractivity contribution >= 4 is 11.8 Å². The molecule has 2 N–H and O–H groups in total. The van der Waals surface area contributed by atoms with E-state index in [1.54, 1.807) is 18.2 Å². The Bertz CT molecular complexity index is 484. The lowest BCUT2D eigenvalue weighted by Crippen LogP contribution is -2.29. The minimum atomic E-state index is -0.220. The first-order valence-electron chi connectivity index (χ1n) is 7.27. The number of hydrogen-bond donors (Lipinski definition) is 2. The number of rotatable bonds is 7. The number of aromatic nitrogens is 1. The van der Waals surface area contributed by atoms with Gasteiger partial charge in [-0.05, 0) is 31.4 Å². The van der Waals surface area contributed by atoms with Gasteiger partial charge in [0.15, 0.2) is 0 Å². The van der Waals surface area contributed by atoms with Crippen LogP contribution in [0, 0.1) is 0 Å². The first-order chi connectivity index (χ1) is 9.70. The molecule has 2 amide bonds. The van der Waals surface area contributed by atoms with Crippen LogP contribution in [0.1, 0.15) is 60.0 Å². The number of nitrogens with one attached hydrogen (secondary N) is 2. The lowest BCUT2D eigenvalue weighted by atomic mass is 10.2. The van der Waals surface area contributed by atoms with Gasteiger partial charge in [0.05, 0.1) is 0 Å². The molecule has 1 aromatic heterocycles. The Morgan fingerprint density at radius 2 is 1.90 bits per heavy atom. The van der Waals surface area contributed by atoms with Gasteiger partial charge in [0.1, 0.15) is 11.4 Å². The molecule has 2 rings (SSSR count). The number of unbranched alkanes of at least 4 members (excludes halogenated alkanes) is 2. The second kappa shape index (κ2) is 7.03. The molecule has 0 unspecified atom stereocenters. The summed E-state index contributed by atoms with van der Waals surface area (Å²) in [5.74, 6) is -0.421. The Morgan fingerprint density at radius 3 is 2.55 bits per heavy atom. The Hall–Kier alpha value is -1.91. The fourth-order valence-corrected chi connectivity index (χ4v) is 1.84. The molecule has 0 spiro atoms. The highest BCUT2D eigenvalue weighted by molar-refractivity contribution is 5.96. The van der Waals surface area contributed by atoms with E-state index < -0.39 is 0 Å². The first-order valence-corrected chi connectivity index (χ1v) is 7.27. The standard InChI is InChI=1S/C15H21N3O2/c1-2-3-4-10-16-14(19)12-6-5-7-13(18-12)15(20)17-11-8-9-11/h5-7,11H,2-4,8-10H2,1H3,(H,16,19)(H,17,20). The summed E-state index contributed by atoms with van der Waals surface area (Å²) in [5, 5.41) is 5.68. The van der Waals surface area contributed by atoms with E-state index >= 15 is 0 Å². The Morgan fingerprint density at radius 1 is 1.20 bits per heavy atom. The van der Waals surface area contributed by atoms with E-state index in [0.717, 1.165) is 32.1 Å². The molecule has 20 heavy (non-hydrogen) atoms. The number of carbonyl (C=O) groups is 2. The second-order valence-corrected chi connectivity index (χ2v) is 5.12. The number of nitrogens with zero attached hydrogens (tertiary/aromatic N) is 1. The predicted octanol–water partition coefficient (Wildman–Crippen LogP) is 1.89. The summed E-state index contributed by atoms with van der Waals surface area (Å²) >= 11 is 0. The van der Waals surface area contributed by atoms with Crippen LogP contribution in [0.4, 0.5) is 0 Å². The van der Waals surface area contributed by atoms with E-state index in [2.05, 4.69) is 22.5 Å². The van der Waals surface area contributed by atoms with Crippen LogP contribution in [0.3, 0.4) is 0 Å². The Kier molecular flexibility index (Phi) is 5.09. The monoisotopic (exact) mass is 275 g/mol. The minimum Gasteiger partial charge on any atom is -0.351 e. The maximum absolute atomic E-state index is 11.9. The van der Waals surface area contributed by atoms with Crippen molar-refractivity contribution in [2.45, 2.75) is 45.1 Å². The highest BCUT2D eigenvalue weighted by Crippen LogP contribution is 2.19. The lowest BCUT2D eigenvalue weighted by Gasteiger charge is -2.06. The average Bonchev–Trinajstić information content (AvgIpc) is 3.27. The maximum Gasteiger partial charge on any atom is 0.270 e. The highest BCUT2D eigenvalue weighted by atomic mass is 16.2. The van der Waals surface area contributed by atoms with Crippen molar-refractivity contribution in [3.8, 4) is 0 Å². The van der Waals surface area contributed by atoms with Crippen LogP contribution in [-0.4, -0.2) is 29.4 Å². The van der Waals surface area contributed by atoms with Crippen LogP contribution in [0.25, 0.3) is 0 Å². The molecule has 0 aliphatic heterocycles. The number of amides is 2. The summed E-state index contributed by atoms with van der Waals surface area (Å²) in [6.07, 6.45) is 5.24. The van der Waals surface area contributed by atoms with Gasteiger partial charge in [-0.2, -0.15) is 0 Å². The quantitative estimate of drug-likeness (QED) is 0.747. The zero-order chi connectivity index (χ0) is 14.4. The van der Waals surface area contributed by atoms with E-state index in [9.17, 15) is 9.59 Å². The number of carbonyl (C=O) groups excluding carboxylic acids is 2. The number of pyridine rings is 1. The molecular formula is C15H21N3O2. The van der Waals surface area contributed by atoms with Gasteiger partial charge in [-0.3, -0.25) is 9.59 Å². The van der Waals surface area contributed by atoms with E-state index in [1.807, 2.05) is 0 Å². The maximum atomic E-state index is 11.9. The van der Waals surface area contributed by atoms with E-state index in [4.69, 9.17) is 0 Å². The molecule has 0 atom stereocenters. The van der Waals surface area contributed by atoms with E-state index in [1.165, 1.54) is 0 Å². The zero-order valence-corrected chi connectivity index (χ0v) is 11.8. The van der Waals surface area contributed by atoms with Crippen molar-refractivity contribution in [2.75, 3.05) is 6.54 Å². The highest BCUT2D eigenvalue weighted by Gasteiger charge is 2.24. The van der Waals surface area contributed by atoms with Crippen LogP contribution < -0.4 is 10.6 Å². The summed E-state index contributed by atoms with van der Waals surface area (Å²) in [6.45, 7) is 2.76. The predicted molar refractivity (Wildman–Crippen MR) is 76.6 cm³/mol. The van der Waals surface area contributed by atoms with Crippen molar-refractivity contribution < 1.29 is 9.59 Å². The van der Waals surface area contributed by atoms with Gasteiger partial charge in [0.25, 0.3) is 11.8 Å². The van der Waals surface area contributed by atoms with Crippen LogP contribution in [0.2, 0.25) is 0 Å². The Balaban J connectivity index is 1.90. The molecule has 1 heterocycles. The zero-order valence-electron chi connectivity index (χ0n) is 11.8. The molecule has 1 aliphatic carbocycles. The number of hydrogen-bond acceptors (Lipinski definition) is 3. The molecule has 1 aliphatic rings. The van der Waals surface area contributed by atoms with Crippen molar-refractivity contribution in [3.05, 3.63) is 29.6 Å². The van der Waals surface area contributed by atoms with Crippen LogP contribution in [-0.2, 0) is 0 Å². The van der Waals surface area contributed by atoms with Crippen molar-refractivity contribution in [1.82, 2.24) is 15.6 Å². The van der Waals surface area contributed by atoms with Crippen LogP contribution in [0.15, 0.2) is 18.2 Å². The summed E-state index contributed by atoms with van der Waals surface area (Å²) in [5.41, 5.74) is 0.600. The second-order valence-electron chi connectivity index (χ2n) is 5.12. The van der Waals surface area contributed by atoms with Crippen molar-refractivity contribution in [2.24, 2.45) is 0 Å². The van der Waals surface area contributed by atoms with E-state index in [-0.39, 0.29) is 17.9 Å². The topological polar surface area (TPSA) is 71.1 Å². The SMILES string of the molecule is CCCCCNC(=O)c1cccc(C(=O)NC2CC2)n1. The first kappa shape index (κ1) is 14.5. The molecular weight excluding hydrogens is 254 g/mol. The molecule has 0 aromatic carbocycles. The van der Waals surface area contributed by atoms with Gasteiger partial charge in [0.2, 0.25) is 0 Å². The molecule has 108 valence electrons. The van der Waals surface area contributed by atoms with Gasteiger partial charge in [-0.15, -0.1) is 0 Å². The van der Waals surface area contributed by atoms with Gasteiger partial charge < -0.3 is 10.6 Å². The van der Waals surface area contributed by atoms with E-state index in [0.29, 0.717) is 17.9 Å². The van der Waals surface area contributed by atoms with Crippen molar-refractivity contribution in [1.29, 1.82) is 0 Å². The smallest absolute Gasteiger partial charge is 0.270 e.